The van der Waals surface area contributed by atoms with Gasteiger partial charge in [-0.25, -0.2) is 0 Å². The zero-order chi connectivity index (χ0) is 37.7. The van der Waals surface area contributed by atoms with Gasteiger partial charge in [-0.2, -0.15) is 0 Å². The molecule has 1 nitrogen and oxygen atoms in total. The molecule has 0 saturated carbocycles. The van der Waals surface area contributed by atoms with Crippen LogP contribution in [0.2, 0.25) is 0 Å². The molecule has 6 aliphatic rings. The van der Waals surface area contributed by atoms with Gasteiger partial charge in [-0.15, -0.1) is 0 Å². The van der Waals surface area contributed by atoms with E-state index < -0.39 is 0 Å². The van der Waals surface area contributed by atoms with Crippen LogP contribution in [0.1, 0.15) is 80.4 Å². The van der Waals surface area contributed by atoms with E-state index in [4.69, 9.17) is 0 Å². The van der Waals surface area contributed by atoms with E-state index >= 15 is 0 Å². The highest BCUT2D eigenvalue weighted by atomic mass is 15.2. The third kappa shape index (κ3) is 5.90. The second kappa shape index (κ2) is 14.5. The first-order valence-corrected chi connectivity index (χ1v) is 21.4. The van der Waals surface area contributed by atoms with E-state index in [0.29, 0.717) is 6.04 Å². The molecule has 0 spiro atoms. The molecule has 278 valence electrons. The molecular weight excluding hydrogens is 687 g/mol. The number of nitrogens with zero attached hydrogens (tertiary/aromatic N) is 1. The van der Waals surface area contributed by atoms with Crippen LogP contribution in [0.5, 0.6) is 0 Å². The van der Waals surface area contributed by atoms with Gasteiger partial charge < -0.3 is 4.90 Å². The van der Waals surface area contributed by atoms with Crippen molar-refractivity contribution in [3.05, 3.63) is 213 Å². The minimum atomic E-state index is 0.277. The summed E-state index contributed by atoms with van der Waals surface area (Å²) in [6, 6.07) is 37.1. The zero-order valence-corrected chi connectivity index (χ0v) is 32.8. The number of allylic oxidation sites excluding steroid dienone is 12. The summed E-state index contributed by atoms with van der Waals surface area (Å²) in [7, 11) is 0. The molecule has 0 saturated heterocycles. The molecule has 0 radical (unpaired) electrons. The summed E-state index contributed by atoms with van der Waals surface area (Å²) in [5.74, 6) is 0.277. The first-order chi connectivity index (χ1) is 28.3. The molecule has 0 aromatic heterocycles. The standard InChI is InChI=1S/C56H49N/c1-3-17-40(18-4-1)50-37-51(55-48-29-13-11-27-46(48)47-28-12-14-30-49(47)56(55)54(50)42-21-5-2-6-22-42)41-33-35-43(36-34-41)57(52-31-15-23-38-19-7-9-25-44(38)52)53-32-16-24-39-20-8-10-26-45(39)53/h1-5,9-18,21,23-31,33,35,50,53H,6-8,19-20,22,32,34,36-37H2. The van der Waals surface area contributed by atoms with Gasteiger partial charge in [0.15, 0.2) is 0 Å². The van der Waals surface area contributed by atoms with Gasteiger partial charge in [0.05, 0.1) is 6.04 Å². The molecule has 0 aliphatic heterocycles. The maximum Gasteiger partial charge on any atom is 0.0625 e. The van der Waals surface area contributed by atoms with Crippen LogP contribution in [0.4, 0.5) is 5.69 Å². The molecule has 0 fully saturated rings. The summed E-state index contributed by atoms with van der Waals surface area (Å²) in [6.07, 6.45) is 37.3. The van der Waals surface area contributed by atoms with Crippen molar-refractivity contribution in [2.75, 3.05) is 4.90 Å². The smallest absolute Gasteiger partial charge is 0.0625 e. The summed E-state index contributed by atoms with van der Waals surface area (Å²) in [4.78, 5) is 2.75. The number of aryl methyl sites for hydroxylation is 1. The highest BCUT2D eigenvalue weighted by Crippen LogP contribution is 2.45. The first-order valence-electron chi connectivity index (χ1n) is 21.4. The summed E-state index contributed by atoms with van der Waals surface area (Å²) in [6.45, 7) is 0. The van der Waals surface area contributed by atoms with Gasteiger partial charge in [0.2, 0.25) is 0 Å². The fraction of sp³-hybridized carbons (Fsp3) is 0.214. The first kappa shape index (κ1) is 34.3. The molecule has 0 heterocycles. The van der Waals surface area contributed by atoms with Crippen LogP contribution >= 0.6 is 0 Å². The van der Waals surface area contributed by atoms with Crippen LogP contribution in [-0.2, 0) is 6.42 Å². The second-order valence-electron chi connectivity index (χ2n) is 16.6. The minimum absolute atomic E-state index is 0.277. The molecule has 0 bridgehead atoms. The predicted molar refractivity (Wildman–Crippen MR) is 242 cm³/mol. The number of anilines is 1. The summed E-state index contributed by atoms with van der Waals surface area (Å²) in [5, 5.41) is 8.39. The van der Waals surface area contributed by atoms with Crippen LogP contribution < -0.4 is 15.3 Å². The van der Waals surface area contributed by atoms with Crippen molar-refractivity contribution in [2.45, 2.75) is 76.2 Å². The zero-order valence-electron chi connectivity index (χ0n) is 32.8. The number of fused-ring (bicyclic) bond motifs is 7. The Labute approximate surface area is 337 Å². The highest BCUT2D eigenvalue weighted by molar-refractivity contribution is 6.10. The molecule has 2 unspecified atom stereocenters. The summed E-state index contributed by atoms with van der Waals surface area (Å²) < 4.78 is 0. The lowest BCUT2D eigenvalue weighted by molar-refractivity contribution is 0.680. The van der Waals surface area contributed by atoms with Gasteiger partial charge in [0.25, 0.3) is 0 Å². The Morgan fingerprint density at radius 1 is 0.526 bits per heavy atom. The molecule has 0 N–H and O–H groups in total. The van der Waals surface area contributed by atoms with Crippen LogP contribution in [-0.4, -0.2) is 6.04 Å². The Hall–Kier alpha value is -5.92. The van der Waals surface area contributed by atoms with Gasteiger partial charge in [-0.3, -0.25) is 0 Å². The van der Waals surface area contributed by atoms with Crippen LogP contribution in [0.25, 0.3) is 38.8 Å². The molecule has 0 amide bonds. The Morgan fingerprint density at radius 2 is 1.28 bits per heavy atom. The Morgan fingerprint density at radius 3 is 2.07 bits per heavy atom. The van der Waals surface area contributed by atoms with Crippen molar-refractivity contribution in [3.63, 3.8) is 0 Å². The summed E-state index contributed by atoms with van der Waals surface area (Å²) in [5.41, 5.74) is 16.2. The lowest BCUT2D eigenvalue weighted by atomic mass is 9.72. The van der Waals surface area contributed by atoms with Gasteiger partial charge in [0.1, 0.15) is 0 Å². The van der Waals surface area contributed by atoms with E-state index in [1.165, 1.54) is 93.5 Å². The Bertz CT molecular complexity index is 2850. The molecule has 5 aromatic rings. The second-order valence-corrected chi connectivity index (χ2v) is 16.6. The van der Waals surface area contributed by atoms with Crippen molar-refractivity contribution in [3.8, 4) is 0 Å². The highest BCUT2D eigenvalue weighted by Gasteiger charge is 2.33. The molecule has 1 heteroatoms. The predicted octanol–water partition coefficient (Wildman–Crippen LogP) is 12.8. The van der Waals surface area contributed by atoms with Crippen LogP contribution in [0, 0.1) is 0 Å². The number of hydrogen-bond donors (Lipinski definition) is 0. The van der Waals surface area contributed by atoms with Crippen LogP contribution in [0.3, 0.4) is 0 Å². The fourth-order valence-corrected chi connectivity index (χ4v) is 11.0. The van der Waals surface area contributed by atoms with Gasteiger partial charge >= 0.3 is 0 Å². The van der Waals surface area contributed by atoms with Crippen molar-refractivity contribution < 1.29 is 0 Å². The normalized spacial score (nSPS) is 21.2. The molecule has 6 aliphatic carbocycles. The number of hydrogen-bond acceptors (Lipinski definition) is 1. The Balaban J connectivity index is 1.16. The van der Waals surface area contributed by atoms with E-state index in [9.17, 15) is 0 Å². The van der Waals surface area contributed by atoms with Crippen molar-refractivity contribution >= 4 is 44.5 Å². The monoisotopic (exact) mass is 735 g/mol. The van der Waals surface area contributed by atoms with E-state index in [1.54, 1.807) is 0 Å². The van der Waals surface area contributed by atoms with Crippen LogP contribution in [0.15, 0.2) is 186 Å². The molecular formula is C56H49N. The molecule has 11 rings (SSSR count). The van der Waals surface area contributed by atoms with E-state index in [2.05, 4.69) is 169 Å². The quantitative estimate of drug-likeness (QED) is 0.157. The lowest BCUT2D eigenvalue weighted by Crippen LogP contribution is -2.39. The lowest BCUT2D eigenvalue weighted by Gasteiger charge is -2.41. The van der Waals surface area contributed by atoms with E-state index in [-0.39, 0.29) is 5.92 Å². The average Bonchev–Trinajstić information content (AvgIpc) is 3.29. The van der Waals surface area contributed by atoms with Crippen molar-refractivity contribution in [1.82, 2.24) is 0 Å². The van der Waals surface area contributed by atoms with Gasteiger partial charge in [-0.1, -0.05) is 152 Å². The maximum atomic E-state index is 2.75. The largest absolute Gasteiger partial charge is 0.337 e. The third-order valence-electron chi connectivity index (χ3n) is 13.5. The minimum Gasteiger partial charge on any atom is -0.337 e. The molecule has 2 atom stereocenters. The third-order valence-corrected chi connectivity index (χ3v) is 13.5. The SMILES string of the molecule is C1=CCCC(C2=c3c(c4ccccc4c4ccccc34)=C(C3=CC=C(N(c4cccc5c4C=CCC5)C4CC=CC5=C4C=CCC5)CC3)CC2c2ccccc2)=C1. The fourth-order valence-electron chi connectivity index (χ4n) is 11.0. The topological polar surface area (TPSA) is 3.24 Å². The van der Waals surface area contributed by atoms with Gasteiger partial charge in [0, 0.05) is 22.9 Å². The van der Waals surface area contributed by atoms with Gasteiger partial charge in [-0.05, 0) is 153 Å². The molecule has 5 aromatic carbocycles. The molecule has 57 heavy (non-hydrogen) atoms. The number of benzene rings is 5. The Kier molecular flexibility index (Phi) is 8.76. The van der Waals surface area contributed by atoms with E-state index in [0.717, 1.165) is 64.2 Å². The van der Waals surface area contributed by atoms with E-state index in [1.807, 2.05) is 0 Å². The maximum absolute atomic E-state index is 2.75. The van der Waals surface area contributed by atoms with Crippen molar-refractivity contribution in [2.24, 2.45) is 0 Å². The van der Waals surface area contributed by atoms with Crippen molar-refractivity contribution in [1.29, 1.82) is 0 Å². The average molecular weight is 736 g/mol. The summed E-state index contributed by atoms with van der Waals surface area (Å²) >= 11 is 0. The number of rotatable bonds is 6.